The molecule has 1 aromatic rings. The van der Waals surface area contributed by atoms with Crippen LogP contribution in [0.25, 0.3) is 0 Å². The molecule has 0 aliphatic carbocycles. The molecule has 24 heavy (non-hydrogen) atoms. The Morgan fingerprint density at radius 3 is 2.54 bits per heavy atom. The van der Waals surface area contributed by atoms with Crippen molar-refractivity contribution < 1.29 is 19.5 Å². The Balaban J connectivity index is 2.16. The van der Waals surface area contributed by atoms with Crippen LogP contribution in [0.15, 0.2) is 29.3 Å². The highest BCUT2D eigenvalue weighted by Crippen LogP contribution is 2.30. The molecule has 1 heterocycles. The Kier molecular flexibility index (Phi) is 5.97. The Morgan fingerprint density at radius 2 is 2.00 bits per heavy atom. The largest absolute Gasteiger partial charge is 0.545 e. The van der Waals surface area contributed by atoms with Gasteiger partial charge in [-0.1, -0.05) is 23.9 Å². The number of aliphatic imine (C=N–C) groups is 1. The lowest BCUT2D eigenvalue weighted by Crippen LogP contribution is -2.32. The zero-order valence-electron chi connectivity index (χ0n) is 13.4. The van der Waals surface area contributed by atoms with Crippen molar-refractivity contribution in [3.63, 3.8) is 0 Å². The number of amidine groups is 1. The maximum absolute atomic E-state index is 12.6. The van der Waals surface area contributed by atoms with E-state index in [2.05, 4.69) is 10.3 Å². The van der Waals surface area contributed by atoms with E-state index in [1.807, 2.05) is 13.8 Å². The van der Waals surface area contributed by atoms with Crippen molar-refractivity contribution in [2.45, 2.75) is 25.5 Å². The van der Waals surface area contributed by atoms with Crippen LogP contribution >= 0.6 is 11.8 Å². The molecule has 1 saturated heterocycles. The predicted octanol–water partition coefficient (Wildman–Crippen LogP) is 0.401. The summed E-state index contributed by atoms with van der Waals surface area (Å²) in [4.78, 5) is 40.9. The number of benzene rings is 1. The van der Waals surface area contributed by atoms with Crippen molar-refractivity contribution in [3.05, 3.63) is 29.8 Å². The van der Waals surface area contributed by atoms with Crippen LogP contribution in [0.5, 0.6) is 0 Å². The van der Waals surface area contributed by atoms with Gasteiger partial charge in [-0.25, -0.2) is 4.90 Å². The monoisotopic (exact) mass is 348 g/mol. The van der Waals surface area contributed by atoms with E-state index in [-0.39, 0.29) is 23.8 Å². The summed E-state index contributed by atoms with van der Waals surface area (Å²) in [7, 11) is 0. The van der Waals surface area contributed by atoms with Crippen LogP contribution in [0.3, 0.4) is 0 Å². The van der Waals surface area contributed by atoms with E-state index in [0.717, 1.165) is 4.90 Å². The minimum atomic E-state index is -1.31. The lowest BCUT2D eigenvalue weighted by molar-refractivity contribution is -0.255. The molecule has 1 N–H and O–H groups in total. The van der Waals surface area contributed by atoms with E-state index < -0.39 is 11.2 Å². The number of imide groups is 1. The zero-order valence-corrected chi connectivity index (χ0v) is 14.3. The highest BCUT2D eigenvalue weighted by molar-refractivity contribution is 8.15. The van der Waals surface area contributed by atoms with Gasteiger partial charge >= 0.3 is 0 Å². The molecule has 1 aliphatic heterocycles. The summed E-state index contributed by atoms with van der Waals surface area (Å²) in [6.07, 6.45) is 0.0832. The Hall–Kier alpha value is -2.35. The number of carbonyl (C=O) groups excluding carboxylic acids is 3. The molecule has 2 amide bonds. The van der Waals surface area contributed by atoms with Gasteiger partial charge in [0, 0.05) is 19.5 Å². The van der Waals surface area contributed by atoms with E-state index in [0.29, 0.717) is 23.9 Å². The second-order valence-corrected chi connectivity index (χ2v) is 6.21. The fraction of sp³-hybridized carbons (Fsp3) is 0.375. The second kappa shape index (κ2) is 7.96. The summed E-state index contributed by atoms with van der Waals surface area (Å²) in [5, 5.41) is 14.0. The molecule has 1 aromatic carbocycles. The van der Waals surface area contributed by atoms with E-state index in [9.17, 15) is 19.5 Å². The molecule has 0 unspecified atom stereocenters. The fourth-order valence-electron chi connectivity index (χ4n) is 2.28. The topological polar surface area (TPSA) is 102 Å². The first-order valence-corrected chi connectivity index (χ1v) is 8.49. The molecule has 0 radical (unpaired) electrons. The summed E-state index contributed by atoms with van der Waals surface area (Å²) in [6, 6.07) is 5.49. The molecule has 0 bridgehead atoms. The molecular formula is C16H18N3O4S-. The number of carboxylic acid groups (broad SMARTS) is 1. The SMILES string of the molecule is CCN=C(NCC)S[C@@H]1CC(=O)N(c2ccc(C(=O)[O-])cc2)C1=O. The number of thioether (sulfide) groups is 1. The maximum Gasteiger partial charge on any atom is 0.247 e. The quantitative estimate of drug-likeness (QED) is 0.469. The summed E-state index contributed by atoms with van der Waals surface area (Å²) in [6.45, 7) is 5.08. The highest BCUT2D eigenvalue weighted by Gasteiger charge is 2.40. The van der Waals surface area contributed by atoms with Gasteiger partial charge in [0.1, 0.15) is 5.25 Å². The maximum atomic E-state index is 12.6. The summed E-state index contributed by atoms with van der Waals surface area (Å²) < 4.78 is 0. The molecule has 128 valence electrons. The van der Waals surface area contributed by atoms with Gasteiger partial charge in [0.2, 0.25) is 11.8 Å². The van der Waals surface area contributed by atoms with Gasteiger partial charge in [-0.3, -0.25) is 14.6 Å². The first-order valence-electron chi connectivity index (χ1n) is 7.61. The van der Waals surface area contributed by atoms with E-state index in [1.54, 1.807) is 0 Å². The Morgan fingerprint density at radius 1 is 1.33 bits per heavy atom. The van der Waals surface area contributed by atoms with E-state index in [4.69, 9.17) is 0 Å². The van der Waals surface area contributed by atoms with Crippen molar-refractivity contribution in [2.24, 2.45) is 4.99 Å². The third-order valence-corrected chi connectivity index (χ3v) is 4.50. The van der Waals surface area contributed by atoms with E-state index >= 15 is 0 Å². The van der Waals surface area contributed by atoms with Crippen molar-refractivity contribution in [1.82, 2.24) is 5.32 Å². The number of nitrogens with one attached hydrogen (secondary N) is 1. The molecule has 1 atom stereocenters. The lowest BCUT2D eigenvalue weighted by atomic mass is 10.2. The third-order valence-electron chi connectivity index (χ3n) is 3.35. The van der Waals surface area contributed by atoms with Gasteiger partial charge < -0.3 is 15.2 Å². The molecular weight excluding hydrogens is 330 g/mol. The summed E-state index contributed by atoms with van der Waals surface area (Å²) in [5.74, 6) is -1.95. The average Bonchev–Trinajstić information content (AvgIpc) is 2.82. The minimum absolute atomic E-state index is 0.00622. The van der Waals surface area contributed by atoms with Crippen molar-refractivity contribution in [3.8, 4) is 0 Å². The number of nitrogens with zero attached hydrogens (tertiary/aromatic N) is 2. The summed E-state index contributed by atoms with van der Waals surface area (Å²) in [5.41, 5.74) is 0.351. The highest BCUT2D eigenvalue weighted by atomic mass is 32.2. The molecule has 0 spiro atoms. The van der Waals surface area contributed by atoms with Gasteiger partial charge in [-0.05, 0) is 31.5 Å². The van der Waals surface area contributed by atoms with Gasteiger partial charge in [0.25, 0.3) is 0 Å². The second-order valence-electron chi connectivity index (χ2n) is 5.02. The van der Waals surface area contributed by atoms with E-state index in [1.165, 1.54) is 36.0 Å². The minimum Gasteiger partial charge on any atom is -0.545 e. The predicted molar refractivity (Wildman–Crippen MR) is 90.9 cm³/mol. The van der Waals surface area contributed by atoms with Crippen molar-refractivity contribution in [1.29, 1.82) is 0 Å². The van der Waals surface area contributed by atoms with Crippen LogP contribution in [0.2, 0.25) is 0 Å². The number of carboxylic acids is 1. The number of carbonyl (C=O) groups is 3. The first kappa shape index (κ1) is 18.0. The van der Waals surface area contributed by atoms with Crippen molar-refractivity contribution >= 4 is 40.4 Å². The molecule has 1 aliphatic rings. The van der Waals surface area contributed by atoms with Crippen molar-refractivity contribution in [2.75, 3.05) is 18.0 Å². The summed E-state index contributed by atoms with van der Waals surface area (Å²) >= 11 is 1.24. The Labute approximate surface area is 144 Å². The van der Waals surface area contributed by atoms with Gasteiger partial charge in [-0.15, -0.1) is 0 Å². The first-order chi connectivity index (χ1) is 11.5. The number of rotatable bonds is 5. The van der Waals surface area contributed by atoms with Crippen LogP contribution in [0.4, 0.5) is 5.69 Å². The lowest BCUT2D eigenvalue weighted by Gasteiger charge is -2.16. The molecule has 7 nitrogen and oxygen atoms in total. The standard InChI is InChI=1S/C16H19N3O4S/c1-3-17-16(18-4-2)24-12-9-13(20)19(14(12)21)11-7-5-10(6-8-11)15(22)23/h5-8,12H,3-4,9H2,1-2H3,(H,17,18)(H,22,23)/p-1/t12-/m1/s1. The molecule has 1 fully saturated rings. The number of hydrogen-bond acceptors (Lipinski definition) is 6. The van der Waals surface area contributed by atoms with Crippen LogP contribution < -0.4 is 15.3 Å². The smallest absolute Gasteiger partial charge is 0.247 e. The number of anilines is 1. The van der Waals surface area contributed by atoms with Gasteiger partial charge in [-0.2, -0.15) is 0 Å². The van der Waals surface area contributed by atoms with Crippen LogP contribution in [0.1, 0.15) is 30.6 Å². The molecule has 2 rings (SSSR count). The molecule has 8 heteroatoms. The van der Waals surface area contributed by atoms with Gasteiger partial charge in [0.05, 0.1) is 11.7 Å². The number of amides is 2. The molecule has 0 saturated carbocycles. The van der Waals surface area contributed by atoms with Crippen LogP contribution in [-0.4, -0.2) is 41.3 Å². The van der Waals surface area contributed by atoms with Crippen LogP contribution in [-0.2, 0) is 9.59 Å². The average molecular weight is 348 g/mol. The number of hydrogen-bond donors (Lipinski definition) is 1. The molecule has 0 aromatic heterocycles. The zero-order chi connectivity index (χ0) is 17.7. The fourth-order valence-corrected chi connectivity index (χ4v) is 3.41. The normalized spacial score (nSPS) is 18.2. The third kappa shape index (κ3) is 3.94. The van der Waals surface area contributed by atoms with Gasteiger partial charge in [0.15, 0.2) is 5.17 Å². The number of aromatic carboxylic acids is 1. The Bertz CT molecular complexity index is 672. The van der Waals surface area contributed by atoms with Crippen LogP contribution in [0, 0.1) is 0 Å².